The number of nitrogens with one attached hydrogen (secondary N) is 1. The topological polar surface area (TPSA) is 66.4 Å². The van der Waals surface area contributed by atoms with E-state index in [4.69, 9.17) is 5.11 Å². The fourth-order valence-electron chi connectivity index (χ4n) is 2.46. The lowest BCUT2D eigenvalue weighted by molar-refractivity contribution is -0.137. The van der Waals surface area contributed by atoms with E-state index < -0.39 is 5.97 Å². The molecule has 0 bridgehead atoms. The van der Waals surface area contributed by atoms with Gasteiger partial charge in [0.05, 0.1) is 0 Å². The molecular formula is C13H23NO3. The monoisotopic (exact) mass is 241 g/mol. The van der Waals surface area contributed by atoms with Crippen LogP contribution in [0.3, 0.4) is 0 Å². The molecule has 4 heteroatoms. The van der Waals surface area contributed by atoms with Crippen LogP contribution in [0.1, 0.15) is 58.3 Å². The molecule has 1 saturated carbocycles. The maximum absolute atomic E-state index is 11.6. The predicted molar refractivity (Wildman–Crippen MR) is 65.7 cm³/mol. The van der Waals surface area contributed by atoms with Gasteiger partial charge in [0.15, 0.2) is 0 Å². The molecule has 2 N–H and O–H groups in total. The van der Waals surface area contributed by atoms with Gasteiger partial charge in [0.1, 0.15) is 0 Å². The first kappa shape index (κ1) is 14.0. The third-order valence-electron chi connectivity index (χ3n) is 3.54. The summed E-state index contributed by atoms with van der Waals surface area (Å²) in [6.07, 6.45) is 6.86. The summed E-state index contributed by atoms with van der Waals surface area (Å²) in [6.45, 7) is 2.07. The van der Waals surface area contributed by atoms with Crippen LogP contribution in [0.15, 0.2) is 0 Å². The molecule has 1 atom stereocenters. The van der Waals surface area contributed by atoms with E-state index in [1.54, 1.807) is 0 Å². The van der Waals surface area contributed by atoms with Crippen LogP contribution in [0, 0.1) is 5.92 Å². The fourth-order valence-corrected chi connectivity index (χ4v) is 2.46. The first-order valence-electron chi connectivity index (χ1n) is 6.60. The standard InChI is InChI=1S/C13H23NO3/c1-10(11-6-2-3-7-11)14-12(15)8-4-5-9-13(16)17/h10-11H,2-9H2,1H3,(H,14,15)(H,16,17)/t10-/m0/s1. The quantitative estimate of drug-likeness (QED) is 0.672. The summed E-state index contributed by atoms with van der Waals surface area (Å²) >= 11 is 0. The Morgan fingerprint density at radius 2 is 1.82 bits per heavy atom. The molecule has 98 valence electrons. The molecule has 1 amide bonds. The van der Waals surface area contributed by atoms with E-state index in [2.05, 4.69) is 12.2 Å². The smallest absolute Gasteiger partial charge is 0.303 e. The number of carbonyl (C=O) groups excluding carboxylic acids is 1. The molecule has 0 aromatic rings. The third-order valence-corrected chi connectivity index (χ3v) is 3.54. The predicted octanol–water partition coefficient (Wildman–Crippen LogP) is 2.33. The first-order chi connectivity index (χ1) is 8.09. The molecule has 0 aromatic heterocycles. The van der Waals surface area contributed by atoms with Gasteiger partial charge >= 0.3 is 5.97 Å². The van der Waals surface area contributed by atoms with Crippen molar-refractivity contribution in [2.75, 3.05) is 0 Å². The van der Waals surface area contributed by atoms with Crippen LogP contribution in [0.4, 0.5) is 0 Å². The van der Waals surface area contributed by atoms with E-state index in [0.717, 1.165) is 0 Å². The highest BCUT2D eigenvalue weighted by atomic mass is 16.4. The summed E-state index contributed by atoms with van der Waals surface area (Å²) in [5.74, 6) is -0.0857. The molecule has 0 radical (unpaired) electrons. The minimum absolute atomic E-state index is 0.0646. The van der Waals surface area contributed by atoms with Crippen LogP contribution in [0.5, 0.6) is 0 Å². The number of unbranched alkanes of at least 4 members (excludes halogenated alkanes) is 1. The van der Waals surface area contributed by atoms with E-state index in [9.17, 15) is 9.59 Å². The van der Waals surface area contributed by atoms with Crippen molar-refractivity contribution >= 4 is 11.9 Å². The van der Waals surface area contributed by atoms with Gasteiger partial charge in [0.2, 0.25) is 5.91 Å². The highest BCUT2D eigenvalue weighted by Crippen LogP contribution is 2.27. The largest absolute Gasteiger partial charge is 0.481 e. The number of hydrogen-bond donors (Lipinski definition) is 2. The van der Waals surface area contributed by atoms with Gasteiger partial charge in [-0.15, -0.1) is 0 Å². The van der Waals surface area contributed by atoms with Crippen LogP contribution in [0.25, 0.3) is 0 Å². The molecule has 0 unspecified atom stereocenters. The lowest BCUT2D eigenvalue weighted by Crippen LogP contribution is -2.37. The molecule has 0 saturated heterocycles. The fraction of sp³-hybridized carbons (Fsp3) is 0.846. The normalized spacial score (nSPS) is 17.9. The van der Waals surface area contributed by atoms with Crippen LogP contribution in [0.2, 0.25) is 0 Å². The van der Waals surface area contributed by atoms with Crippen LogP contribution >= 0.6 is 0 Å². The van der Waals surface area contributed by atoms with Gasteiger partial charge in [-0.3, -0.25) is 9.59 Å². The van der Waals surface area contributed by atoms with E-state index in [1.165, 1.54) is 25.7 Å². The Hall–Kier alpha value is -1.06. The summed E-state index contributed by atoms with van der Waals surface area (Å²) < 4.78 is 0. The first-order valence-corrected chi connectivity index (χ1v) is 6.60. The van der Waals surface area contributed by atoms with E-state index in [1.807, 2.05) is 0 Å². The van der Waals surface area contributed by atoms with E-state index in [-0.39, 0.29) is 18.4 Å². The van der Waals surface area contributed by atoms with Crippen molar-refractivity contribution in [3.63, 3.8) is 0 Å². The van der Waals surface area contributed by atoms with Gasteiger partial charge in [-0.25, -0.2) is 0 Å². The summed E-state index contributed by atoms with van der Waals surface area (Å²) in [4.78, 5) is 21.9. The Labute approximate surface area is 103 Å². The molecule has 0 spiro atoms. The van der Waals surface area contributed by atoms with Gasteiger partial charge in [0, 0.05) is 18.9 Å². The van der Waals surface area contributed by atoms with Crippen LogP contribution in [-0.2, 0) is 9.59 Å². The zero-order valence-electron chi connectivity index (χ0n) is 10.6. The van der Waals surface area contributed by atoms with Crippen molar-refractivity contribution in [1.82, 2.24) is 5.32 Å². The average Bonchev–Trinajstić information content (AvgIpc) is 2.77. The lowest BCUT2D eigenvalue weighted by atomic mass is 9.99. The average molecular weight is 241 g/mol. The van der Waals surface area contributed by atoms with Gasteiger partial charge in [0.25, 0.3) is 0 Å². The lowest BCUT2D eigenvalue weighted by Gasteiger charge is -2.20. The number of carboxylic acid groups (broad SMARTS) is 1. The Kier molecular flexibility index (Phi) is 6.01. The maximum Gasteiger partial charge on any atom is 0.303 e. The van der Waals surface area contributed by atoms with Crippen LogP contribution < -0.4 is 5.32 Å². The van der Waals surface area contributed by atoms with Crippen molar-refractivity contribution in [2.24, 2.45) is 5.92 Å². The number of aliphatic carboxylic acids is 1. The second-order valence-electron chi connectivity index (χ2n) is 5.00. The minimum Gasteiger partial charge on any atom is -0.481 e. The van der Waals surface area contributed by atoms with E-state index in [0.29, 0.717) is 25.2 Å². The highest BCUT2D eigenvalue weighted by Gasteiger charge is 2.22. The zero-order valence-corrected chi connectivity index (χ0v) is 10.6. The molecule has 1 rings (SSSR count). The second kappa shape index (κ2) is 7.30. The molecule has 0 heterocycles. The SMILES string of the molecule is C[C@H](NC(=O)CCCCC(=O)O)C1CCCC1. The van der Waals surface area contributed by atoms with Gasteiger partial charge in [-0.2, -0.15) is 0 Å². The second-order valence-corrected chi connectivity index (χ2v) is 5.00. The Balaban J connectivity index is 2.09. The van der Waals surface area contributed by atoms with Crippen molar-refractivity contribution in [3.8, 4) is 0 Å². The summed E-state index contributed by atoms with van der Waals surface area (Å²) in [6, 6.07) is 0.268. The van der Waals surface area contributed by atoms with Gasteiger partial charge in [-0.1, -0.05) is 12.8 Å². The molecule has 1 fully saturated rings. The van der Waals surface area contributed by atoms with Crippen molar-refractivity contribution < 1.29 is 14.7 Å². The number of amides is 1. The minimum atomic E-state index is -0.787. The Bertz CT molecular complexity index is 259. The van der Waals surface area contributed by atoms with Crippen molar-refractivity contribution in [3.05, 3.63) is 0 Å². The van der Waals surface area contributed by atoms with Gasteiger partial charge in [-0.05, 0) is 38.5 Å². The number of rotatable bonds is 7. The van der Waals surface area contributed by atoms with Gasteiger partial charge < -0.3 is 10.4 Å². The Morgan fingerprint density at radius 3 is 2.41 bits per heavy atom. The van der Waals surface area contributed by atoms with Crippen molar-refractivity contribution in [2.45, 2.75) is 64.3 Å². The highest BCUT2D eigenvalue weighted by molar-refractivity contribution is 5.76. The summed E-state index contributed by atoms with van der Waals surface area (Å²) in [7, 11) is 0. The van der Waals surface area contributed by atoms with Crippen LogP contribution in [-0.4, -0.2) is 23.0 Å². The van der Waals surface area contributed by atoms with Crippen molar-refractivity contribution in [1.29, 1.82) is 0 Å². The molecule has 1 aliphatic carbocycles. The molecule has 0 aromatic carbocycles. The zero-order chi connectivity index (χ0) is 12.7. The third kappa shape index (κ3) is 5.71. The molecule has 1 aliphatic rings. The van der Waals surface area contributed by atoms with E-state index >= 15 is 0 Å². The molecule has 0 aliphatic heterocycles. The molecule has 4 nitrogen and oxygen atoms in total. The number of carbonyl (C=O) groups is 2. The maximum atomic E-state index is 11.6. The Morgan fingerprint density at radius 1 is 1.24 bits per heavy atom. The summed E-state index contributed by atoms with van der Waals surface area (Å²) in [5, 5.41) is 11.5. The number of carboxylic acids is 1. The molecular weight excluding hydrogens is 218 g/mol. The summed E-state index contributed by atoms with van der Waals surface area (Å²) in [5.41, 5.74) is 0. The number of hydrogen-bond acceptors (Lipinski definition) is 2. The molecule has 17 heavy (non-hydrogen) atoms.